The topological polar surface area (TPSA) is 95.1 Å². The van der Waals surface area contributed by atoms with Crippen LogP contribution >= 0.6 is 0 Å². The van der Waals surface area contributed by atoms with E-state index in [1.165, 1.54) is 0 Å². The molecule has 0 amide bonds. The van der Waals surface area contributed by atoms with Gasteiger partial charge in [0.15, 0.2) is 11.3 Å². The Morgan fingerprint density at radius 1 is 1.29 bits per heavy atom. The van der Waals surface area contributed by atoms with E-state index >= 15 is 0 Å². The zero-order valence-electron chi connectivity index (χ0n) is 13.5. The summed E-state index contributed by atoms with van der Waals surface area (Å²) in [5, 5.41) is 1.62. The van der Waals surface area contributed by atoms with Crippen molar-refractivity contribution >= 4 is 44.7 Å². The van der Waals surface area contributed by atoms with Gasteiger partial charge >= 0.3 is 5.97 Å². The molecule has 1 aromatic carbocycles. The average molecular weight is 347 g/mol. The minimum absolute atomic E-state index is 0.219. The fraction of sp³-hybridized carbons (Fsp3) is 0.250. The highest BCUT2D eigenvalue weighted by molar-refractivity contribution is 7.78. The molecule has 0 saturated heterocycles. The fourth-order valence-electron chi connectivity index (χ4n) is 2.52. The molecule has 0 fully saturated rings. The van der Waals surface area contributed by atoms with Crippen LogP contribution in [0.4, 0.5) is 5.69 Å². The Balaban J connectivity index is 2.20. The van der Waals surface area contributed by atoms with Crippen molar-refractivity contribution in [3.05, 3.63) is 36.2 Å². The highest BCUT2D eigenvalue weighted by atomic mass is 32.2. The first-order chi connectivity index (χ1) is 11.3. The second kappa shape index (κ2) is 5.97. The van der Waals surface area contributed by atoms with E-state index in [1.54, 1.807) is 45.4 Å². The zero-order valence-corrected chi connectivity index (χ0v) is 14.3. The Hall–Kier alpha value is -2.29. The average Bonchev–Trinajstić information content (AvgIpc) is 2.91. The van der Waals surface area contributed by atoms with E-state index < -0.39 is 17.2 Å². The van der Waals surface area contributed by atoms with Crippen molar-refractivity contribution in [1.82, 2.24) is 13.9 Å². The van der Waals surface area contributed by atoms with E-state index in [2.05, 4.69) is 9.97 Å². The van der Waals surface area contributed by atoms with Crippen LogP contribution in [0.2, 0.25) is 0 Å². The monoisotopic (exact) mass is 347 g/mol. The molecule has 0 aliphatic heterocycles. The molecule has 24 heavy (non-hydrogen) atoms. The lowest BCUT2D eigenvalue weighted by atomic mass is 10.1. The first-order valence-corrected chi connectivity index (χ1v) is 8.41. The normalized spacial score (nSPS) is 13.3. The quantitative estimate of drug-likeness (QED) is 0.444. The number of quaternary nitrogens is 1. The first kappa shape index (κ1) is 16.6. The molecule has 0 aliphatic rings. The summed E-state index contributed by atoms with van der Waals surface area (Å²) in [6, 6.07) is 7.04. The number of fused-ring (bicyclic) bond motifs is 3. The predicted molar refractivity (Wildman–Crippen MR) is 92.1 cm³/mol. The summed E-state index contributed by atoms with van der Waals surface area (Å²) in [7, 11) is 3.18. The van der Waals surface area contributed by atoms with Crippen LogP contribution in [-0.4, -0.2) is 45.4 Å². The molecule has 0 saturated carbocycles. The van der Waals surface area contributed by atoms with Crippen LogP contribution in [0.15, 0.2) is 30.5 Å². The van der Waals surface area contributed by atoms with Crippen LogP contribution in [0.3, 0.4) is 0 Å². The molecule has 126 valence electrons. The molecule has 3 aromatic rings. The highest BCUT2D eigenvalue weighted by Gasteiger charge is 2.22. The summed E-state index contributed by atoms with van der Waals surface area (Å²) in [6.45, 7) is 2.01. The van der Waals surface area contributed by atoms with Gasteiger partial charge in [0.1, 0.15) is 11.4 Å². The van der Waals surface area contributed by atoms with Gasteiger partial charge in [-0.1, -0.05) is 0 Å². The third kappa shape index (κ3) is 2.68. The number of nitrogens with zero attached hydrogens (tertiary/aromatic N) is 2. The molecule has 0 radical (unpaired) electrons. The van der Waals surface area contributed by atoms with E-state index in [4.69, 9.17) is 4.74 Å². The largest absolute Gasteiger partial charge is 0.724 e. The molecule has 0 spiro atoms. The Labute approximate surface area is 141 Å². The molecule has 1 N–H and O–H groups in total. The number of hydrogen-bond donors (Lipinski definition) is 1. The fourth-order valence-corrected chi connectivity index (χ4v) is 2.81. The van der Waals surface area contributed by atoms with Crippen molar-refractivity contribution in [2.45, 2.75) is 6.92 Å². The number of nitrogens with one attached hydrogen (secondary N) is 1. The maximum Gasteiger partial charge on any atom is 0.356 e. The van der Waals surface area contributed by atoms with Gasteiger partial charge in [0.25, 0.3) is 0 Å². The summed E-state index contributed by atoms with van der Waals surface area (Å²) in [6.07, 6.45) is 1.58. The van der Waals surface area contributed by atoms with Crippen molar-refractivity contribution in [3.63, 3.8) is 0 Å². The lowest BCUT2D eigenvalue weighted by Crippen LogP contribution is -2.41. The minimum atomic E-state index is -2.31. The number of aromatic nitrogens is 2. The van der Waals surface area contributed by atoms with E-state index in [1.807, 2.05) is 6.07 Å². The van der Waals surface area contributed by atoms with Gasteiger partial charge in [-0.3, -0.25) is 0 Å². The van der Waals surface area contributed by atoms with Gasteiger partial charge in [-0.25, -0.2) is 17.9 Å². The van der Waals surface area contributed by atoms with Crippen LogP contribution < -0.4 is 3.89 Å². The van der Waals surface area contributed by atoms with E-state index in [0.29, 0.717) is 5.69 Å². The van der Waals surface area contributed by atoms with Gasteiger partial charge in [-0.15, -0.1) is 0 Å². The predicted octanol–water partition coefficient (Wildman–Crippen LogP) is 2.25. The van der Waals surface area contributed by atoms with E-state index in [-0.39, 0.29) is 16.2 Å². The highest BCUT2D eigenvalue weighted by Crippen LogP contribution is 2.31. The summed E-state index contributed by atoms with van der Waals surface area (Å²) in [4.78, 5) is 19.2. The Bertz CT molecular complexity index is 965. The number of pyridine rings is 1. The molecule has 7 nitrogen and oxygen atoms in total. The second-order valence-electron chi connectivity index (χ2n) is 5.76. The number of rotatable bonds is 4. The molecule has 0 aliphatic carbocycles. The molecule has 2 aromatic heterocycles. The molecule has 8 heteroatoms. The summed E-state index contributed by atoms with van der Waals surface area (Å²) < 4.78 is 27.6. The third-order valence-electron chi connectivity index (χ3n) is 3.95. The van der Waals surface area contributed by atoms with Crippen molar-refractivity contribution in [2.24, 2.45) is 0 Å². The van der Waals surface area contributed by atoms with Gasteiger partial charge in [0.2, 0.25) is 0 Å². The Kier molecular flexibility index (Phi) is 4.12. The van der Waals surface area contributed by atoms with Crippen LogP contribution in [-0.2, 0) is 16.0 Å². The number of aromatic amines is 1. The van der Waals surface area contributed by atoms with Gasteiger partial charge in [0, 0.05) is 28.4 Å². The molecule has 2 heterocycles. The molecule has 0 bridgehead atoms. The molecule has 1 atom stereocenters. The number of benzene rings is 1. The maximum atomic E-state index is 11.9. The number of ether oxygens (including phenoxy) is 1. The lowest BCUT2D eigenvalue weighted by molar-refractivity contribution is 0.0519. The van der Waals surface area contributed by atoms with Crippen molar-refractivity contribution < 1.29 is 18.3 Å². The van der Waals surface area contributed by atoms with Crippen LogP contribution in [0, 0.1) is 0 Å². The number of esters is 1. The van der Waals surface area contributed by atoms with E-state index in [0.717, 1.165) is 21.8 Å². The number of hydrogen-bond acceptors (Lipinski definition) is 5. The van der Waals surface area contributed by atoms with Crippen molar-refractivity contribution in [2.75, 3.05) is 20.7 Å². The molecular weight excluding hydrogens is 330 g/mol. The first-order valence-electron chi connectivity index (χ1n) is 7.37. The van der Waals surface area contributed by atoms with Crippen molar-refractivity contribution in [1.29, 1.82) is 0 Å². The summed E-state index contributed by atoms with van der Waals surface area (Å²) in [5.41, 5.74) is 2.44. The SMILES string of the molecule is CCOC(=O)c1cc2c(cn1)[nH]c1ccc([N+](C)(C)S(=O)[O-])cc12. The summed E-state index contributed by atoms with van der Waals surface area (Å²) in [5.74, 6) is -0.485. The summed E-state index contributed by atoms with van der Waals surface area (Å²) >= 11 is -2.31. The number of carbonyl (C=O) groups is 1. The standard InChI is InChI=1S/C16H17N3O4S/c1-4-23-16(20)14-8-12-11-7-10(19(2,3)24(21)22)5-6-13(11)18-15(12)9-17-14/h5-9H,4H2,1-3H3,(H-,17,18,20,21,22). The van der Waals surface area contributed by atoms with Gasteiger partial charge in [-0.2, -0.15) is 0 Å². The maximum absolute atomic E-state index is 11.9. The van der Waals surface area contributed by atoms with Crippen LogP contribution in [0.5, 0.6) is 0 Å². The Morgan fingerprint density at radius 2 is 2.00 bits per heavy atom. The molecule has 1 unspecified atom stereocenters. The second-order valence-corrected chi connectivity index (χ2v) is 7.11. The molecular formula is C16H17N3O4S. The van der Waals surface area contributed by atoms with Gasteiger partial charge in [-0.05, 0) is 19.1 Å². The van der Waals surface area contributed by atoms with Gasteiger partial charge in [0.05, 0.1) is 32.4 Å². The van der Waals surface area contributed by atoms with Crippen molar-refractivity contribution in [3.8, 4) is 0 Å². The van der Waals surface area contributed by atoms with Crippen LogP contribution in [0.1, 0.15) is 17.4 Å². The van der Waals surface area contributed by atoms with Crippen LogP contribution in [0.25, 0.3) is 21.8 Å². The zero-order chi connectivity index (χ0) is 17.5. The molecule has 3 rings (SSSR count). The lowest BCUT2D eigenvalue weighted by Gasteiger charge is -2.29. The minimum Gasteiger partial charge on any atom is -0.724 e. The number of H-pyrrole nitrogens is 1. The van der Waals surface area contributed by atoms with E-state index in [9.17, 15) is 13.6 Å². The smallest absolute Gasteiger partial charge is 0.356 e. The Morgan fingerprint density at radius 3 is 2.67 bits per heavy atom. The van der Waals surface area contributed by atoms with Gasteiger partial charge < -0.3 is 14.3 Å². The number of carbonyl (C=O) groups excluding carboxylic acids is 1. The third-order valence-corrected chi connectivity index (χ3v) is 4.90.